The van der Waals surface area contributed by atoms with Crippen molar-refractivity contribution in [2.75, 3.05) is 0 Å². The van der Waals surface area contributed by atoms with Gasteiger partial charge in [0.25, 0.3) is 0 Å². The van der Waals surface area contributed by atoms with Crippen molar-refractivity contribution in [3.63, 3.8) is 0 Å². The second-order valence-electron chi connectivity index (χ2n) is 1.50. The van der Waals surface area contributed by atoms with Gasteiger partial charge in [0, 0.05) is 365 Å². The zero-order chi connectivity index (χ0) is 8.69. The average molecular weight is 1130 g/mol. The van der Waals surface area contributed by atoms with Gasteiger partial charge in [0.2, 0.25) is 0 Å². The summed E-state index contributed by atoms with van der Waals surface area (Å²) in [7, 11) is 0. The summed E-state index contributed by atoms with van der Waals surface area (Å²) in [5, 5.41) is 9.98. The summed E-state index contributed by atoms with van der Waals surface area (Å²) in [6.07, 6.45) is 0. The molecule has 0 spiro atoms. The zero-order valence-electron chi connectivity index (χ0n) is 12.9. The van der Waals surface area contributed by atoms with E-state index in [-0.39, 0.29) is 365 Å². The van der Waals surface area contributed by atoms with E-state index in [0.717, 1.165) is 0 Å². The van der Waals surface area contributed by atoms with Gasteiger partial charge in [-0.3, -0.25) is 10.1 Å². The van der Waals surface area contributed by atoms with Crippen LogP contribution in [0.1, 0.15) is 13.8 Å². The van der Waals surface area contributed by atoms with Crippen LogP contribution in [0.15, 0.2) is 24.3 Å². The monoisotopic (exact) mass is 1130 g/mol. The molecular weight excluding hydrogens is 1120 g/mol. The van der Waals surface area contributed by atoms with Gasteiger partial charge in [0.15, 0.2) is 5.69 Å². The maximum absolute atomic E-state index is 9.98. The van der Waals surface area contributed by atoms with Gasteiger partial charge >= 0.3 is 0 Å². The van der Waals surface area contributed by atoms with Crippen LogP contribution < -0.4 is 0 Å². The summed E-state index contributed by atoms with van der Waals surface area (Å²) in [6, 6.07) is 8.68. The summed E-state index contributed by atoms with van der Waals surface area (Å²) >= 11 is 0. The predicted molar refractivity (Wildman–Crippen MR) is 43.3 cm³/mol. The number of hydrogen-bond acceptors (Lipinski definition) is 2. The fourth-order valence-electron chi connectivity index (χ4n) is 0.497. The second kappa shape index (κ2) is 63.5. The van der Waals surface area contributed by atoms with E-state index in [1.165, 1.54) is 12.1 Å². The molecule has 0 aliphatic carbocycles. The van der Waals surface area contributed by atoms with E-state index < -0.39 is 4.92 Å². The Bertz CT molecular complexity index is 231. The largest absolute Gasteiger partial charge is 0.260 e. The van der Waals surface area contributed by atoms with E-state index in [0.29, 0.717) is 0 Å². The number of para-hydroxylation sites is 1. The van der Waals surface area contributed by atoms with E-state index in [1.54, 1.807) is 12.1 Å². The summed E-state index contributed by atoms with van der Waals surface area (Å²) in [5.74, 6) is 0. The minimum Gasteiger partial charge on any atom is -0.260 e. The molecule has 0 unspecified atom stereocenters. The number of benzene rings is 1. The molecule has 1 aromatic rings. The molecule has 0 aliphatic heterocycles. The van der Waals surface area contributed by atoms with E-state index in [1.807, 2.05) is 13.8 Å². The Morgan fingerprint density at radius 3 is 1.23 bits per heavy atom. The van der Waals surface area contributed by atoms with Crippen LogP contribution in [-0.2, 0) is 360 Å². The van der Waals surface area contributed by atoms with Gasteiger partial charge in [-0.25, -0.2) is 0 Å². The molecular formula is C8H10NO2Y11-. The number of nitro benzene ring substituents is 1. The Balaban J connectivity index is -0.00000000742. The van der Waals surface area contributed by atoms with E-state index in [9.17, 15) is 10.1 Å². The summed E-state index contributed by atoms with van der Waals surface area (Å²) in [6.45, 7) is 4.00. The maximum atomic E-state index is 9.98. The summed E-state index contributed by atoms with van der Waals surface area (Å²) in [5.41, 5.74) is 0.0116. The standard InChI is InChI=1S/C6H4NO2.C2H6.11Y/c8-7(9)6-4-2-1-3-5-6;1-2;;;;;;;;;;;/h1-4H;1-2H3;;;;;;;;;;;/q-1;;;;;;;;;;;;. The molecule has 0 heterocycles. The topological polar surface area (TPSA) is 43.1 Å². The molecule has 22 heavy (non-hydrogen) atoms. The van der Waals surface area contributed by atoms with E-state index in [4.69, 9.17) is 0 Å². The van der Waals surface area contributed by atoms with Crippen LogP contribution in [0.3, 0.4) is 0 Å². The summed E-state index contributed by atoms with van der Waals surface area (Å²) in [4.78, 5) is 9.50. The molecule has 0 atom stereocenters. The molecule has 3 nitrogen and oxygen atoms in total. The van der Waals surface area contributed by atoms with Gasteiger partial charge < -0.3 is 0 Å². The first-order chi connectivity index (χ1) is 5.30. The quantitative estimate of drug-likeness (QED) is 0.247. The molecule has 0 N–H and O–H groups in total. The van der Waals surface area contributed by atoms with Gasteiger partial charge in [0.1, 0.15) is 0 Å². The van der Waals surface area contributed by atoms with Crippen LogP contribution in [0, 0.1) is 16.2 Å². The molecule has 0 saturated carbocycles. The Morgan fingerprint density at radius 1 is 0.773 bits per heavy atom. The fourth-order valence-corrected chi connectivity index (χ4v) is 0.497. The molecule has 1 rings (SSSR count). The third-order valence-electron chi connectivity index (χ3n) is 0.889. The Morgan fingerprint density at radius 2 is 1.09 bits per heavy atom. The van der Waals surface area contributed by atoms with Crippen LogP contribution >= 0.6 is 0 Å². The number of non-ortho nitro benzene ring substituents is 1. The van der Waals surface area contributed by atoms with Gasteiger partial charge in [0.05, 0.1) is 0 Å². The van der Waals surface area contributed by atoms with Gasteiger partial charge in [-0.2, -0.15) is 18.2 Å². The Hall–Kier alpha value is 10.8. The molecule has 11 radical (unpaired) electrons. The van der Waals surface area contributed by atoms with Crippen molar-refractivity contribution in [3.8, 4) is 0 Å². The van der Waals surface area contributed by atoms with E-state index in [2.05, 4.69) is 6.07 Å². The zero-order valence-corrected chi connectivity index (χ0v) is 44.1. The molecule has 0 aromatic heterocycles. The van der Waals surface area contributed by atoms with Gasteiger partial charge in [-0.1, -0.05) is 19.9 Å². The maximum Gasteiger partial charge on any atom is 0.162 e. The number of nitro groups is 1. The van der Waals surface area contributed by atoms with Gasteiger partial charge in [-0.05, 0) is 0 Å². The molecule has 0 aliphatic rings. The summed E-state index contributed by atoms with van der Waals surface area (Å²) < 4.78 is 0. The SMILES string of the molecule is CC.O=[N+]([O-])c1[c-]cccc1.[Y].[Y].[Y].[Y].[Y].[Y].[Y].[Y].[Y].[Y].[Y]. The molecule has 14 heteroatoms. The normalized spacial score (nSPS) is 3.91. The molecule has 0 fully saturated rings. The molecule has 0 saturated heterocycles. The van der Waals surface area contributed by atoms with Crippen molar-refractivity contribution >= 4 is 5.69 Å². The van der Waals surface area contributed by atoms with Crippen LogP contribution in [0.2, 0.25) is 0 Å². The van der Waals surface area contributed by atoms with Crippen molar-refractivity contribution in [2.24, 2.45) is 0 Å². The number of rotatable bonds is 1. The fraction of sp³-hybridized carbons (Fsp3) is 0.250. The second-order valence-corrected chi connectivity index (χ2v) is 1.50. The van der Waals surface area contributed by atoms with Crippen molar-refractivity contribution in [1.29, 1.82) is 0 Å². The van der Waals surface area contributed by atoms with E-state index >= 15 is 0 Å². The molecule has 0 bridgehead atoms. The van der Waals surface area contributed by atoms with Crippen molar-refractivity contribution in [3.05, 3.63) is 40.4 Å². The Labute approximate surface area is 411 Å². The average Bonchev–Trinajstić information content (AvgIpc) is 2.10. The predicted octanol–water partition coefficient (Wildman–Crippen LogP) is 2.39. The van der Waals surface area contributed by atoms with Crippen LogP contribution in [-0.4, -0.2) is 4.92 Å². The first kappa shape index (κ1) is 76.7. The van der Waals surface area contributed by atoms with Crippen molar-refractivity contribution in [2.45, 2.75) is 13.8 Å². The molecule has 0 amide bonds. The van der Waals surface area contributed by atoms with Crippen molar-refractivity contribution < 1.29 is 365 Å². The minimum absolute atomic E-state index is 0. The minimum atomic E-state index is -0.472. The smallest absolute Gasteiger partial charge is 0.162 e. The number of hydrogen-bond donors (Lipinski definition) is 0. The third-order valence-corrected chi connectivity index (χ3v) is 0.889. The van der Waals surface area contributed by atoms with Crippen molar-refractivity contribution in [1.82, 2.24) is 0 Å². The van der Waals surface area contributed by atoms with Crippen LogP contribution in [0.4, 0.5) is 5.69 Å². The molecule has 1 aromatic carbocycles. The van der Waals surface area contributed by atoms with Gasteiger partial charge in [-0.15, -0.1) is 6.07 Å². The first-order valence-corrected chi connectivity index (χ1v) is 3.42. The molecule has 93 valence electrons. The van der Waals surface area contributed by atoms with Crippen LogP contribution in [0.25, 0.3) is 0 Å². The number of nitrogens with zero attached hydrogens (tertiary/aromatic N) is 1. The first-order valence-electron chi connectivity index (χ1n) is 3.42. The van der Waals surface area contributed by atoms with Crippen LogP contribution in [0.5, 0.6) is 0 Å². The third kappa shape index (κ3) is 52.6. The Kier molecular flexibility index (Phi) is 221.